The summed E-state index contributed by atoms with van der Waals surface area (Å²) in [5.41, 5.74) is 0.819. The lowest BCUT2D eigenvalue weighted by Gasteiger charge is -2.09. The molecule has 1 aromatic rings. The SMILES string of the molecule is CCC(C#N)c1cccc(Cl)c1Cl. The Morgan fingerprint density at radius 3 is 2.69 bits per heavy atom. The smallest absolute Gasteiger partial charge is 0.0725 e. The van der Waals surface area contributed by atoms with Gasteiger partial charge in [0.25, 0.3) is 0 Å². The third-order valence-electron chi connectivity index (χ3n) is 1.92. The Morgan fingerprint density at radius 1 is 1.46 bits per heavy atom. The molecule has 0 N–H and O–H groups in total. The third-order valence-corrected chi connectivity index (χ3v) is 2.75. The molecule has 13 heavy (non-hydrogen) atoms. The molecule has 3 heteroatoms. The molecule has 0 saturated heterocycles. The largest absolute Gasteiger partial charge is 0.198 e. The van der Waals surface area contributed by atoms with Crippen LogP contribution in [0, 0.1) is 11.3 Å². The van der Waals surface area contributed by atoms with E-state index >= 15 is 0 Å². The van der Waals surface area contributed by atoms with Gasteiger partial charge in [0.1, 0.15) is 0 Å². The summed E-state index contributed by atoms with van der Waals surface area (Å²) in [6, 6.07) is 7.56. The summed E-state index contributed by atoms with van der Waals surface area (Å²) >= 11 is 11.8. The second-order valence-corrected chi connectivity index (χ2v) is 3.52. The molecule has 0 spiro atoms. The average Bonchev–Trinajstić information content (AvgIpc) is 2.14. The molecule has 0 saturated carbocycles. The number of rotatable bonds is 2. The summed E-state index contributed by atoms with van der Waals surface area (Å²) < 4.78 is 0. The Balaban J connectivity index is 3.15. The van der Waals surface area contributed by atoms with Crippen LogP contribution in [-0.4, -0.2) is 0 Å². The topological polar surface area (TPSA) is 23.8 Å². The van der Waals surface area contributed by atoms with Crippen molar-refractivity contribution in [2.45, 2.75) is 19.3 Å². The quantitative estimate of drug-likeness (QED) is 0.729. The van der Waals surface area contributed by atoms with Gasteiger partial charge in [-0.05, 0) is 18.1 Å². The van der Waals surface area contributed by atoms with Gasteiger partial charge in [0, 0.05) is 0 Å². The van der Waals surface area contributed by atoms with Crippen LogP contribution in [0.1, 0.15) is 24.8 Å². The van der Waals surface area contributed by atoms with Gasteiger partial charge >= 0.3 is 0 Å². The lowest BCUT2D eigenvalue weighted by molar-refractivity contribution is 0.818. The van der Waals surface area contributed by atoms with Gasteiger partial charge in [0.05, 0.1) is 22.0 Å². The zero-order valence-electron chi connectivity index (χ0n) is 7.22. The van der Waals surface area contributed by atoms with Gasteiger partial charge in [-0.2, -0.15) is 5.26 Å². The van der Waals surface area contributed by atoms with Crippen molar-refractivity contribution in [2.24, 2.45) is 0 Å². The minimum atomic E-state index is -0.161. The van der Waals surface area contributed by atoms with Crippen molar-refractivity contribution >= 4 is 23.2 Å². The number of hydrogen-bond acceptors (Lipinski definition) is 1. The lowest BCUT2D eigenvalue weighted by atomic mass is 9.98. The highest BCUT2D eigenvalue weighted by Crippen LogP contribution is 2.31. The molecular formula is C10H9Cl2N. The first-order valence-electron chi connectivity index (χ1n) is 4.04. The van der Waals surface area contributed by atoms with Crippen molar-refractivity contribution in [3.05, 3.63) is 33.8 Å². The molecule has 0 aliphatic heterocycles. The lowest BCUT2D eigenvalue weighted by Crippen LogP contribution is -1.94. The predicted molar refractivity (Wildman–Crippen MR) is 55.1 cm³/mol. The molecule has 1 atom stereocenters. The minimum absolute atomic E-state index is 0.161. The first-order valence-corrected chi connectivity index (χ1v) is 4.79. The van der Waals surface area contributed by atoms with Crippen LogP contribution in [0.3, 0.4) is 0 Å². The number of hydrogen-bond donors (Lipinski definition) is 0. The van der Waals surface area contributed by atoms with E-state index in [-0.39, 0.29) is 5.92 Å². The monoisotopic (exact) mass is 213 g/mol. The van der Waals surface area contributed by atoms with E-state index in [0.717, 1.165) is 12.0 Å². The van der Waals surface area contributed by atoms with E-state index in [1.165, 1.54) is 0 Å². The first kappa shape index (κ1) is 10.4. The van der Waals surface area contributed by atoms with Crippen LogP contribution in [0.25, 0.3) is 0 Å². The molecule has 0 aromatic heterocycles. The van der Waals surface area contributed by atoms with E-state index in [1.807, 2.05) is 19.1 Å². The van der Waals surface area contributed by atoms with Crippen molar-refractivity contribution in [2.75, 3.05) is 0 Å². The van der Waals surface area contributed by atoms with E-state index in [2.05, 4.69) is 6.07 Å². The second kappa shape index (κ2) is 4.50. The molecule has 0 aliphatic carbocycles. The van der Waals surface area contributed by atoms with Crippen molar-refractivity contribution in [3.63, 3.8) is 0 Å². The van der Waals surface area contributed by atoms with Crippen molar-refractivity contribution < 1.29 is 0 Å². The third kappa shape index (κ3) is 2.15. The number of halogens is 2. The molecular weight excluding hydrogens is 205 g/mol. The van der Waals surface area contributed by atoms with Crippen molar-refractivity contribution in [1.82, 2.24) is 0 Å². The Hall–Kier alpha value is -0.710. The van der Waals surface area contributed by atoms with Gasteiger partial charge in [0.15, 0.2) is 0 Å². The first-order chi connectivity index (χ1) is 6.20. The summed E-state index contributed by atoms with van der Waals surface area (Å²) in [5.74, 6) is -0.161. The Labute approximate surface area is 87.9 Å². The van der Waals surface area contributed by atoms with Crippen molar-refractivity contribution in [1.29, 1.82) is 5.26 Å². The summed E-state index contributed by atoms with van der Waals surface area (Å²) in [4.78, 5) is 0. The maximum Gasteiger partial charge on any atom is 0.0725 e. The van der Waals surface area contributed by atoms with E-state index in [0.29, 0.717) is 10.0 Å². The number of benzene rings is 1. The fourth-order valence-electron chi connectivity index (χ4n) is 1.17. The molecule has 0 bridgehead atoms. The Morgan fingerprint density at radius 2 is 2.15 bits per heavy atom. The van der Waals surface area contributed by atoms with Gasteiger partial charge < -0.3 is 0 Å². The van der Waals surface area contributed by atoms with Crippen LogP contribution < -0.4 is 0 Å². The summed E-state index contributed by atoms with van der Waals surface area (Å²) in [6.07, 6.45) is 0.747. The fourth-order valence-corrected chi connectivity index (χ4v) is 1.61. The molecule has 0 fully saturated rings. The van der Waals surface area contributed by atoms with Gasteiger partial charge in [0.2, 0.25) is 0 Å². The zero-order chi connectivity index (χ0) is 9.84. The van der Waals surface area contributed by atoms with E-state index in [9.17, 15) is 0 Å². The highest BCUT2D eigenvalue weighted by atomic mass is 35.5. The summed E-state index contributed by atoms with van der Waals surface area (Å²) in [6.45, 7) is 1.95. The molecule has 1 nitrogen and oxygen atoms in total. The van der Waals surface area contributed by atoms with Crippen molar-refractivity contribution in [3.8, 4) is 6.07 Å². The Bertz CT molecular complexity index is 341. The standard InChI is InChI=1S/C10H9Cl2N/c1-2-7(6-13)8-4-3-5-9(11)10(8)12/h3-5,7H,2H2,1H3. The molecule has 1 unspecified atom stereocenters. The zero-order valence-corrected chi connectivity index (χ0v) is 8.73. The molecule has 1 rings (SSSR count). The fraction of sp³-hybridized carbons (Fsp3) is 0.300. The average molecular weight is 214 g/mol. The van der Waals surface area contributed by atoms with E-state index in [1.54, 1.807) is 6.07 Å². The van der Waals surface area contributed by atoms with Crippen LogP contribution in [0.5, 0.6) is 0 Å². The highest BCUT2D eigenvalue weighted by molar-refractivity contribution is 6.42. The second-order valence-electron chi connectivity index (χ2n) is 2.73. The highest BCUT2D eigenvalue weighted by Gasteiger charge is 2.13. The van der Waals surface area contributed by atoms with Crippen LogP contribution in [-0.2, 0) is 0 Å². The minimum Gasteiger partial charge on any atom is -0.198 e. The summed E-state index contributed by atoms with van der Waals surface area (Å²) in [7, 11) is 0. The molecule has 1 aromatic carbocycles. The van der Waals surface area contributed by atoms with Crippen LogP contribution in [0.15, 0.2) is 18.2 Å². The molecule has 68 valence electrons. The van der Waals surface area contributed by atoms with Gasteiger partial charge in [-0.3, -0.25) is 0 Å². The predicted octanol–water partition coefficient (Wildman–Crippen LogP) is 4.01. The van der Waals surface area contributed by atoms with E-state index in [4.69, 9.17) is 28.5 Å². The summed E-state index contributed by atoms with van der Waals surface area (Å²) in [5, 5.41) is 9.85. The maximum atomic E-state index is 8.84. The number of nitriles is 1. The van der Waals surface area contributed by atoms with Gasteiger partial charge in [-0.25, -0.2) is 0 Å². The molecule has 0 heterocycles. The Kier molecular flexibility index (Phi) is 3.59. The molecule has 0 aliphatic rings. The maximum absolute atomic E-state index is 8.84. The van der Waals surface area contributed by atoms with Gasteiger partial charge in [-0.1, -0.05) is 42.3 Å². The molecule has 0 radical (unpaired) electrons. The van der Waals surface area contributed by atoms with Crippen LogP contribution in [0.4, 0.5) is 0 Å². The van der Waals surface area contributed by atoms with E-state index < -0.39 is 0 Å². The van der Waals surface area contributed by atoms with Crippen LogP contribution in [0.2, 0.25) is 10.0 Å². The van der Waals surface area contributed by atoms with Crippen LogP contribution >= 0.6 is 23.2 Å². The molecule has 0 amide bonds. The number of nitrogens with zero attached hydrogens (tertiary/aromatic N) is 1. The van der Waals surface area contributed by atoms with Gasteiger partial charge in [-0.15, -0.1) is 0 Å². The normalized spacial score (nSPS) is 12.2.